The molecule has 0 radical (unpaired) electrons. The highest BCUT2D eigenvalue weighted by molar-refractivity contribution is 7.89. The summed E-state index contributed by atoms with van der Waals surface area (Å²) in [5, 5.41) is 12.2. The van der Waals surface area contributed by atoms with Crippen LogP contribution in [0.3, 0.4) is 0 Å². The number of rotatable bonds is 4. The predicted molar refractivity (Wildman–Crippen MR) is 72.8 cm³/mol. The number of nitrogens with zero attached hydrogens (tertiary/aromatic N) is 2. The molecule has 1 aromatic heterocycles. The van der Waals surface area contributed by atoms with Crippen molar-refractivity contribution in [2.75, 3.05) is 11.1 Å². The first kappa shape index (κ1) is 13.4. The highest BCUT2D eigenvalue weighted by Crippen LogP contribution is 2.22. The average molecular weight is 281 g/mol. The van der Waals surface area contributed by atoms with Crippen molar-refractivity contribution in [3.8, 4) is 0 Å². The van der Waals surface area contributed by atoms with E-state index in [9.17, 15) is 8.42 Å². The number of hydrogen-bond acceptors (Lipinski definition) is 5. The van der Waals surface area contributed by atoms with Crippen molar-refractivity contribution >= 4 is 21.4 Å². The fourth-order valence-electron chi connectivity index (χ4n) is 1.63. The first-order valence-electron chi connectivity index (χ1n) is 5.51. The largest absolute Gasteiger partial charge is 0.397 e. The Morgan fingerprint density at radius 2 is 2.11 bits per heavy atom. The van der Waals surface area contributed by atoms with Crippen LogP contribution in [0.4, 0.5) is 11.4 Å². The molecule has 0 saturated carbocycles. The van der Waals surface area contributed by atoms with E-state index in [2.05, 4.69) is 10.4 Å². The maximum atomic E-state index is 11.3. The molecule has 0 aliphatic rings. The van der Waals surface area contributed by atoms with Gasteiger partial charge < -0.3 is 11.1 Å². The van der Waals surface area contributed by atoms with Gasteiger partial charge >= 0.3 is 0 Å². The van der Waals surface area contributed by atoms with Gasteiger partial charge in [-0.05, 0) is 24.3 Å². The number of aromatic nitrogens is 2. The van der Waals surface area contributed by atoms with Crippen LogP contribution in [0.15, 0.2) is 35.4 Å². The molecule has 0 aliphatic heterocycles. The van der Waals surface area contributed by atoms with Crippen LogP contribution in [-0.2, 0) is 23.6 Å². The second kappa shape index (κ2) is 4.90. The number of hydrogen-bond donors (Lipinski definition) is 3. The van der Waals surface area contributed by atoms with Gasteiger partial charge in [-0.15, -0.1) is 0 Å². The zero-order chi connectivity index (χ0) is 14.0. The predicted octanol–water partition coefficient (Wildman–Crippen LogP) is 0.262. The third-order valence-corrected chi connectivity index (χ3v) is 3.65. The van der Waals surface area contributed by atoms with E-state index in [-0.39, 0.29) is 4.90 Å². The minimum Gasteiger partial charge on any atom is -0.397 e. The minimum absolute atomic E-state index is 0.0224. The minimum atomic E-state index is -3.74. The molecule has 0 amide bonds. The van der Waals surface area contributed by atoms with E-state index < -0.39 is 10.0 Å². The summed E-state index contributed by atoms with van der Waals surface area (Å²) in [5.74, 6) is 0. The molecule has 0 atom stereocenters. The number of benzene rings is 1. The number of primary sulfonamides is 1. The maximum absolute atomic E-state index is 11.3. The number of aryl methyl sites for hydroxylation is 1. The van der Waals surface area contributed by atoms with E-state index >= 15 is 0 Å². The van der Waals surface area contributed by atoms with Crippen molar-refractivity contribution in [1.29, 1.82) is 0 Å². The van der Waals surface area contributed by atoms with Crippen molar-refractivity contribution in [1.82, 2.24) is 9.78 Å². The van der Waals surface area contributed by atoms with Crippen molar-refractivity contribution < 1.29 is 8.42 Å². The van der Waals surface area contributed by atoms with Crippen molar-refractivity contribution in [3.63, 3.8) is 0 Å². The van der Waals surface area contributed by atoms with E-state index in [1.807, 2.05) is 13.1 Å². The first-order valence-corrected chi connectivity index (χ1v) is 7.05. The Bertz CT molecular complexity index is 693. The van der Waals surface area contributed by atoms with E-state index in [0.29, 0.717) is 17.9 Å². The summed E-state index contributed by atoms with van der Waals surface area (Å²) in [6.07, 6.45) is 1.68. The van der Waals surface area contributed by atoms with Crippen LogP contribution >= 0.6 is 0 Å². The van der Waals surface area contributed by atoms with Crippen LogP contribution in [0.2, 0.25) is 0 Å². The van der Waals surface area contributed by atoms with Gasteiger partial charge in [0.15, 0.2) is 0 Å². The molecule has 2 aromatic rings. The molecule has 1 heterocycles. The van der Waals surface area contributed by atoms with Crippen molar-refractivity contribution in [2.45, 2.75) is 11.4 Å². The number of nitrogen functional groups attached to an aromatic ring is 1. The van der Waals surface area contributed by atoms with Crippen molar-refractivity contribution in [3.05, 3.63) is 36.2 Å². The normalized spacial score (nSPS) is 11.5. The van der Waals surface area contributed by atoms with Gasteiger partial charge in [-0.2, -0.15) is 5.10 Å². The zero-order valence-corrected chi connectivity index (χ0v) is 11.2. The molecule has 1 aromatic carbocycles. The highest BCUT2D eigenvalue weighted by Gasteiger charge is 2.10. The number of nitrogens with two attached hydrogens (primary N) is 2. The van der Waals surface area contributed by atoms with Gasteiger partial charge in [0, 0.05) is 13.2 Å². The fourth-order valence-corrected chi connectivity index (χ4v) is 2.17. The molecule has 19 heavy (non-hydrogen) atoms. The maximum Gasteiger partial charge on any atom is 0.238 e. The Balaban J connectivity index is 2.23. The smallest absolute Gasteiger partial charge is 0.238 e. The second-order valence-corrected chi connectivity index (χ2v) is 5.66. The van der Waals surface area contributed by atoms with Crippen LogP contribution in [-0.4, -0.2) is 18.2 Å². The molecule has 5 N–H and O–H groups in total. The number of anilines is 2. The standard InChI is InChI=1S/C11H15N5O2S/c1-16-8(4-5-15-16)7-14-11-6-9(19(13,17)18)2-3-10(11)12/h2-6,14H,7,12H2,1H3,(H2,13,17,18). The summed E-state index contributed by atoms with van der Waals surface area (Å²) in [5.41, 5.74) is 7.71. The van der Waals surface area contributed by atoms with Crippen LogP contribution in [0.25, 0.3) is 0 Å². The Morgan fingerprint density at radius 3 is 2.68 bits per heavy atom. The first-order chi connectivity index (χ1) is 8.88. The second-order valence-electron chi connectivity index (χ2n) is 4.09. The number of nitrogens with one attached hydrogen (secondary N) is 1. The topological polar surface area (TPSA) is 116 Å². The Morgan fingerprint density at radius 1 is 1.37 bits per heavy atom. The molecular weight excluding hydrogens is 266 g/mol. The van der Waals surface area contributed by atoms with E-state index in [1.165, 1.54) is 18.2 Å². The SMILES string of the molecule is Cn1nccc1CNc1cc(S(N)(=O)=O)ccc1N. The lowest BCUT2D eigenvalue weighted by Crippen LogP contribution is -2.13. The molecule has 102 valence electrons. The van der Waals surface area contributed by atoms with Gasteiger partial charge in [-0.1, -0.05) is 0 Å². The number of sulfonamides is 1. The lowest BCUT2D eigenvalue weighted by atomic mass is 10.2. The summed E-state index contributed by atoms with van der Waals surface area (Å²) in [4.78, 5) is 0.0224. The van der Waals surface area contributed by atoms with Crippen LogP contribution < -0.4 is 16.2 Å². The van der Waals surface area contributed by atoms with Gasteiger partial charge in [-0.3, -0.25) is 4.68 Å². The zero-order valence-electron chi connectivity index (χ0n) is 10.4. The van der Waals surface area contributed by atoms with E-state index in [0.717, 1.165) is 5.69 Å². The summed E-state index contributed by atoms with van der Waals surface area (Å²) in [6.45, 7) is 0.481. The molecule has 0 unspecified atom stereocenters. The average Bonchev–Trinajstić information content (AvgIpc) is 2.72. The summed E-state index contributed by atoms with van der Waals surface area (Å²) in [7, 11) is -1.91. The molecule has 0 fully saturated rings. The van der Waals surface area contributed by atoms with Gasteiger partial charge in [0.25, 0.3) is 0 Å². The molecule has 2 rings (SSSR count). The van der Waals surface area contributed by atoms with E-state index in [4.69, 9.17) is 10.9 Å². The molecular formula is C11H15N5O2S. The molecule has 7 nitrogen and oxygen atoms in total. The van der Waals surface area contributed by atoms with Gasteiger partial charge in [0.2, 0.25) is 10.0 Å². The summed E-state index contributed by atoms with van der Waals surface area (Å²) < 4.78 is 24.3. The monoisotopic (exact) mass is 281 g/mol. The van der Waals surface area contributed by atoms with Gasteiger partial charge in [-0.25, -0.2) is 13.6 Å². The Kier molecular flexibility index (Phi) is 3.45. The Labute approximate surface area is 111 Å². The molecule has 8 heteroatoms. The summed E-state index contributed by atoms with van der Waals surface area (Å²) in [6, 6.07) is 6.15. The Hall–Kier alpha value is -2.06. The van der Waals surface area contributed by atoms with Crippen LogP contribution in [0.1, 0.15) is 5.69 Å². The fraction of sp³-hybridized carbons (Fsp3) is 0.182. The quantitative estimate of drug-likeness (QED) is 0.695. The van der Waals surface area contributed by atoms with Crippen LogP contribution in [0, 0.1) is 0 Å². The van der Waals surface area contributed by atoms with Gasteiger partial charge in [0.05, 0.1) is 28.5 Å². The van der Waals surface area contributed by atoms with E-state index in [1.54, 1.807) is 10.9 Å². The molecule has 0 aliphatic carbocycles. The van der Waals surface area contributed by atoms with Gasteiger partial charge in [0.1, 0.15) is 0 Å². The molecule has 0 spiro atoms. The molecule has 0 saturated heterocycles. The lowest BCUT2D eigenvalue weighted by molar-refractivity contribution is 0.598. The molecule has 0 bridgehead atoms. The van der Waals surface area contributed by atoms with Crippen molar-refractivity contribution in [2.24, 2.45) is 12.2 Å². The third kappa shape index (κ3) is 3.04. The third-order valence-electron chi connectivity index (χ3n) is 2.74. The summed E-state index contributed by atoms with van der Waals surface area (Å²) >= 11 is 0. The van der Waals surface area contributed by atoms with Crippen LogP contribution in [0.5, 0.6) is 0 Å². The lowest BCUT2D eigenvalue weighted by Gasteiger charge is -2.10. The highest BCUT2D eigenvalue weighted by atomic mass is 32.2.